The summed E-state index contributed by atoms with van der Waals surface area (Å²) < 4.78 is 3.43. The summed E-state index contributed by atoms with van der Waals surface area (Å²) >= 11 is 0. The maximum atomic E-state index is 12.6. The number of carbonyl (C=O) groups is 1. The van der Waals surface area contributed by atoms with Crippen LogP contribution in [0.15, 0.2) is 61.1 Å². The molecule has 0 bridgehead atoms. The van der Waals surface area contributed by atoms with E-state index in [4.69, 9.17) is 0 Å². The van der Waals surface area contributed by atoms with Crippen molar-refractivity contribution in [1.29, 1.82) is 0 Å². The number of hydrogen-bond acceptors (Lipinski definition) is 6. The van der Waals surface area contributed by atoms with Crippen LogP contribution in [0.5, 0.6) is 0 Å². The van der Waals surface area contributed by atoms with Gasteiger partial charge in [0.05, 0.1) is 23.1 Å². The average molecular weight is 402 g/mol. The van der Waals surface area contributed by atoms with E-state index in [0.717, 1.165) is 11.4 Å². The van der Waals surface area contributed by atoms with Gasteiger partial charge in [0.15, 0.2) is 5.82 Å². The molecular weight excluding hydrogens is 380 g/mol. The molecule has 152 valence electrons. The van der Waals surface area contributed by atoms with E-state index in [1.54, 1.807) is 21.8 Å². The molecule has 1 amide bonds. The Morgan fingerprint density at radius 3 is 2.63 bits per heavy atom. The quantitative estimate of drug-likeness (QED) is 0.460. The Balaban J connectivity index is 1.34. The molecule has 0 aliphatic rings. The minimum absolute atomic E-state index is 0.160. The molecule has 3 aromatic heterocycles. The molecule has 0 aliphatic heterocycles. The third-order valence-electron chi connectivity index (χ3n) is 4.54. The van der Waals surface area contributed by atoms with Crippen LogP contribution in [-0.4, -0.2) is 48.5 Å². The third-order valence-corrected chi connectivity index (χ3v) is 4.54. The van der Waals surface area contributed by atoms with Crippen LogP contribution in [0.3, 0.4) is 0 Å². The van der Waals surface area contributed by atoms with Crippen LogP contribution in [0.4, 0.5) is 5.82 Å². The number of nitrogens with one attached hydrogen (secondary N) is 2. The number of benzene rings is 1. The first-order chi connectivity index (χ1) is 14.6. The summed E-state index contributed by atoms with van der Waals surface area (Å²) in [6.45, 7) is 4.67. The fourth-order valence-electron chi connectivity index (χ4n) is 3.09. The molecule has 4 rings (SSSR count). The van der Waals surface area contributed by atoms with Crippen LogP contribution < -0.4 is 10.6 Å². The van der Waals surface area contributed by atoms with E-state index in [0.29, 0.717) is 36.1 Å². The summed E-state index contributed by atoms with van der Waals surface area (Å²) in [6, 6.07) is 13.4. The first-order valence-corrected chi connectivity index (χ1v) is 9.59. The van der Waals surface area contributed by atoms with Crippen LogP contribution >= 0.6 is 0 Å². The van der Waals surface area contributed by atoms with Crippen molar-refractivity contribution >= 4 is 11.7 Å². The highest BCUT2D eigenvalue weighted by Crippen LogP contribution is 2.14. The monoisotopic (exact) mass is 402 g/mol. The lowest BCUT2D eigenvalue weighted by molar-refractivity contribution is 0.0954. The molecule has 0 saturated heterocycles. The van der Waals surface area contributed by atoms with E-state index >= 15 is 0 Å². The van der Waals surface area contributed by atoms with Gasteiger partial charge in [0.25, 0.3) is 5.91 Å². The molecule has 9 nitrogen and oxygen atoms in total. The minimum atomic E-state index is -0.160. The molecule has 0 unspecified atom stereocenters. The normalized spacial score (nSPS) is 10.7. The summed E-state index contributed by atoms with van der Waals surface area (Å²) in [5.41, 5.74) is 2.27. The van der Waals surface area contributed by atoms with Gasteiger partial charge in [0.1, 0.15) is 11.6 Å². The standard InChI is InChI=1S/C21H22N8O/c1-15-18(14-25-29(15)17-7-4-3-5-8-17)21(30)23-11-10-22-19-13-20(27-16(2)26-19)28-12-6-9-24-28/h3-9,12-14H,10-11H2,1-2H3,(H,23,30)(H,22,26,27). The Morgan fingerprint density at radius 2 is 1.87 bits per heavy atom. The maximum Gasteiger partial charge on any atom is 0.254 e. The lowest BCUT2D eigenvalue weighted by Crippen LogP contribution is -2.29. The third kappa shape index (κ3) is 4.19. The van der Waals surface area contributed by atoms with Gasteiger partial charge >= 0.3 is 0 Å². The van der Waals surface area contributed by atoms with Gasteiger partial charge in [-0.15, -0.1) is 0 Å². The average Bonchev–Trinajstić information content (AvgIpc) is 3.41. The number of carbonyl (C=O) groups excluding carboxylic acids is 1. The number of aromatic nitrogens is 6. The summed E-state index contributed by atoms with van der Waals surface area (Å²) in [6.07, 6.45) is 5.11. The summed E-state index contributed by atoms with van der Waals surface area (Å²) in [4.78, 5) is 21.3. The molecular formula is C21H22N8O. The molecule has 0 atom stereocenters. The number of aryl methyl sites for hydroxylation is 1. The molecule has 1 aromatic carbocycles. The molecule has 3 heterocycles. The molecule has 4 aromatic rings. The van der Waals surface area contributed by atoms with Gasteiger partial charge < -0.3 is 10.6 Å². The van der Waals surface area contributed by atoms with E-state index in [9.17, 15) is 4.79 Å². The van der Waals surface area contributed by atoms with Gasteiger partial charge in [0.2, 0.25) is 0 Å². The molecule has 0 aliphatic carbocycles. The molecule has 9 heteroatoms. The highest BCUT2D eigenvalue weighted by molar-refractivity contribution is 5.95. The SMILES string of the molecule is Cc1nc(NCCNC(=O)c2cnn(-c3ccccc3)c2C)cc(-n2cccn2)n1. The topological polar surface area (TPSA) is 103 Å². The van der Waals surface area contributed by atoms with Crippen LogP contribution in [0.2, 0.25) is 0 Å². The van der Waals surface area contributed by atoms with E-state index in [1.165, 1.54) is 0 Å². The highest BCUT2D eigenvalue weighted by Gasteiger charge is 2.14. The summed E-state index contributed by atoms with van der Waals surface area (Å²) in [5, 5.41) is 14.7. The number of anilines is 1. The Hall–Kier alpha value is -4.01. The Morgan fingerprint density at radius 1 is 1.03 bits per heavy atom. The van der Waals surface area contributed by atoms with Gasteiger partial charge in [-0.3, -0.25) is 4.79 Å². The van der Waals surface area contributed by atoms with Crippen molar-refractivity contribution < 1.29 is 4.79 Å². The maximum absolute atomic E-state index is 12.6. The number of rotatable bonds is 7. The Bertz CT molecular complexity index is 1140. The van der Waals surface area contributed by atoms with Gasteiger partial charge in [-0.1, -0.05) is 18.2 Å². The number of hydrogen-bond donors (Lipinski definition) is 2. The minimum Gasteiger partial charge on any atom is -0.368 e. The van der Waals surface area contributed by atoms with Crippen molar-refractivity contribution in [3.8, 4) is 11.5 Å². The largest absolute Gasteiger partial charge is 0.368 e. The molecule has 0 fully saturated rings. The second-order valence-corrected chi connectivity index (χ2v) is 6.68. The van der Waals surface area contributed by atoms with Crippen molar-refractivity contribution in [3.63, 3.8) is 0 Å². The van der Waals surface area contributed by atoms with Crippen molar-refractivity contribution in [3.05, 3.63) is 78.1 Å². The van der Waals surface area contributed by atoms with Gasteiger partial charge in [0, 0.05) is 31.5 Å². The van der Waals surface area contributed by atoms with Crippen LogP contribution in [0.1, 0.15) is 21.9 Å². The van der Waals surface area contributed by atoms with Gasteiger partial charge in [-0.2, -0.15) is 10.2 Å². The number of nitrogens with zero attached hydrogens (tertiary/aromatic N) is 6. The number of amides is 1. The zero-order valence-corrected chi connectivity index (χ0v) is 16.8. The van der Waals surface area contributed by atoms with Crippen molar-refractivity contribution in [2.45, 2.75) is 13.8 Å². The van der Waals surface area contributed by atoms with Gasteiger partial charge in [-0.05, 0) is 32.0 Å². The Kier molecular flexibility index (Phi) is 5.51. The lowest BCUT2D eigenvalue weighted by Gasteiger charge is -2.10. The zero-order chi connectivity index (χ0) is 20.9. The second-order valence-electron chi connectivity index (χ2n) is 6.68. The zero-order valence-electron chi connectivity index (χ0n) is 16.8. The number of para-hydroxylation sites is 1. The molecule has 0 spiro atoms. The van der Waals surface area contributed by atoms with Crippen LogP contribution in [-0.2, 0) is 0 Å². The predicted molar refractivity (Wildman–Crippen MR) is 113 cm³/mol. The van der Waals surface area contributed by atoms with Gasteiger partial charge in [-0.25, -0.2) is 19.3 Å². The first kappa shape index (κ1) is 19.3. The first-order valence-electron chi connectivity index (χ1n) is 9.59. The molecule has 2 N–H and O–H groups in total. The molecule has 0 radical (unpaired) electrons. The second kappa shape index (κ2) is 8.56. The van der Waals surface area contributed by atoms with E-state index in [-0.39, 0.29) is 5.91 Å². The van der Waals surface area contributed by atoms with Crippen molar-refractivity contribution in [2.75, 3.05) is 18.4 Å². The highest BCUT2D eigenvalue weighted by atomic mass is 16.1. The smallest absolute Gasteiger partial charge is 0.254 e. The van der Waals surface area contributed by atoms with Crippen molar-refractivity contribution in [2.24, 2.45) is 0 Å². The molecule has 0 saturated carbocycles. The van der Waals surface area contributed by atoms with E-state index in [1.807, 2.05) is 62.5 Å². The fraction of sp³-hybridized carbons (Fsp3) is 0.190. The molecule has 30 heavy (non-hydrogen) atoms. The predicted octanol–water partition coefficient (Wildman–Crippen LogP) is 2.31. The van der Waals surface area contributed by atoms with Crippen LogP contribution in [0, 0.1) is 13.8 Å². The Labute approximate surface area is 173 Å². The van der Waals surface area contributed by atoms with Crippen molar-refractivity contribution in [1.82, 2.24) is 34.8 Å². The van der Waals surface area contributed by atoms with Crippen LogP contribution in [0.25, 0.3) is 11.5 Å². The lowest BCUT2D eigenvalue weighted by atomic mass is 10.2. The summed E-state index contributed by atoms with van der Waals surface area (Å²) in [5.74, 6) is 1.84. The summed E-state index contributed by atoms with van der Waals surface area (Å²) in [7, 11) is 0. The van der Waals surface area contributed by atoms with E-state index < -0.39 is 0 Å². The van der Waals surface area contributed by atoms with E-state index in [2.05, 4.69) is 30.8 Å². The fourth-order valence-corrected chi connectivity index (χ4v) is 3.09.